The molecule has 0 fully saturated rings. The molecule has 0 saturated heterocycles. The molecule has 0 saturated carbocycles. The van der Waals surface area contributed by atoms with Crippen LogP contribution in [0.3, 0.4) is 0 Å². The average molecular weight is 310 g/mol. The SMILES string of the molecule is CC(C)C(=O)Nc1ccc2c(c1)C(=O)N(C)c1ccccc1O2. The molecule has 0 bridgehead atoms. The maximum absolute atomic E-state index is 12.7. The number of hydrogen-bond donors (Lipinski definition) is 1. The van der Waals surface area contributed by atoms with Gasteiger partial charge in [-0.3, -0.25) is 9.59 Å². The number of nitrogens with one attached hydrogen (secondary N) is 1. The Morgan fingerprint density at radius 2 is 1.87 bits per heavy atom. The van der Waals surface area contributed by atoms with Crippen LogP contribution in [0.25, 0.3) is 0 Å². The minimum atomic E-state index is -0.175. The molecule has 0 radical (unpaired) electrons. The van der Waals surface area contributed by atoms with Gasteiger partial charge in [0.15, 0.2) is 5.75 Å². The van der Waals surface area contributed by atoms with Crippen LogP contribution in [-0.4, -0.2) is 18.9 Å². The number of nitrogens with zero attached hydrogens (tertiary/aromatic N) is 1. The molecule has 3 rings (SSSR count). The standard InChI is InChI=1S/C18H18N2O3/c1-11(2)17(21)19-12-8-9-15-13(10-12)18(22)20(3)14-6-4-5-7-16(14)23-15/h4-11H,1-3H3,(H,19,21). The molecule has 0 atom stereocenters. The first kappa shape index (κ1) is 15.1. The van der Waals surface area contributed by atoms with Crippen molar-refractivity contribution in [2.45, 2.75) is 13.8 Å². The van der Waals surface area contributed by atoms with Crippen molar-refractivity contribution in [3.63, 3.8) is 0 Å². The Hall–Kier alpha value is -2.82. The molecule has 23 heavy (non-hydrogen) atoms. The zero-order valence-electron chi connectivity index (χ0n) is 13.3. The van der Waals surface area contributed by atoms with Gasteiger partial charge in [0.2, 0.25) is 5.91 Å². The number of amides is 2. The Balaban J connectivity index is 2.01. The maximum atomic E-state index is 12.7. The molecule has 1 heterocycles. The third-order valence-electron chi connectivity index (χ3n) is 3.75. The summed E-state index contributed by atoms with van der Waals surface area (Å²) in [7, 11) is 1.71. The Labute approximate surface area is 134 Å². The summed E-state index contributed by atoms with van der Waals surface area (Å²) in [4.78, 5) is 26.1. The highest BCUT2D eigenvalue weighted by molar-refractivity contribution is 6.10. The minimum absolute atomic E-state index is 0.0939. The summed E-state index contributed by atoms with van der Waals surface area (Å²) in [6, 6.07) is 12.5. The van der Waals surface area contributed by atoms with E-state index < -0.39 is 0 Å². The molecule has 0 aliphatic carbocycles. The zero-order chi connectivity index (χ0) is 16.6. The lowest BCUT2D eigenvalue weighted by Gasteiger charge is -2.16. The number of fused-ring (bicyclic) bond motifs is 2. The molecular formula is C18H18N2O3. The zero-order valence-corrected chi connectivity index (χ0v) is 13.3. The lowest BCUT2D eigenvalue weighted by molar-refractivity contribution is -0.118. The van der Waals surface area contributed by atoms with Crippen molar-refractivity contribution >= 4 is 23.2 Å². The minimum Gasteiger partial charge on any atom is -0.454 e. The van der Waals surface area contributed by atoms with Gasteiger partial charge in [0.25, 0.3) is 5.91 Å². The number of hydrogen-bond acceptors (Lipinski definition) is 3. The fourth-order valence-electron chi connectivity index (χ4n) is 2.38. The summed E-state index contributed by atoms with van der Waals surface area (Å²) >= 11 is 0. The molecule has 2 aromatic carbocycles. The van der Waals surface area contributed by atoms with Crippen LogP contribution in [0.15, 0.2) is 42.5 Å². The average Bonchev–Trinajstić information content (AvgIpc) is 2.64. The smallest absolute Gasteiger partial charge is 0.261 e. The number of benzene rings is 2. The monoisotopic (exact) mass is 310 g/mol. The second-order valence-electron chi connectivity index (χ2n) is 5.79. The second kappa shape index (κ2) is 5.76. The van der Waals surface area contributed by atoms with Crippen LogP contribution < -0.4 is 15.0 Å². The number of ether oxygens (including phenoxy) is 1. The molecule has 1 aliphatic rings. The van der Waals surface area contributed by atoms with Crippen molar-refractivity contribution in [1.29, 1.82) is 0 Å². The van der Waals surface area contributed by atoms with E-state index in [1.807, 2.05) is 38.1 Å². The van der Waals surface area contributed by atoms with E-state index in [0.717, 1.165) is 0 Å². The van der Waals surface area contributed by atoms with Crippen molar-refractivity contribution < 1.29 is 14.3 Å². The summed E-state index contributed by atoms with van der Waals surface area (Å²) in [6.07, 6.45) is 0. The van der Waals surface area contributed by atoms with Crippen molar-refractivity contribution in [3.8, 4) is 11.5 Å². The molecule has 2 amide bonds. The maximum Gasteiger partial charge on any atom is 0.261 e. The Morgan fingerprint density at radius 1 is 1.13 bits per heavy atom. The van der Waals surface area contributed by atoms with Gasteiger partial charge in [-0.2, -0.15) is 0 Å². The van der Waals surface area contributed by atoms with Crippen molar-refractivity contribution in [3.05, 3.63) is 48.0 Å². The summed E-state index contributed by atoms with van der Waals surface area (Å²) < 4.78 is 5.88. The van der Waals surface area contributed by atoms with Crippen molar-refractivity contribution in [2.24, 2.45) is 5.92 Å². The highest BCUT2D eigenvalue weighted by atomic mass is 16.5. The van der Waals surface area contributed by atoms with Crippen molar-refractivity contribution in [1.82, 2.24) is 0 Å². The fourth-order valence-corrected chi connectivity index (χ4v) is 2.38. The topological polar surface area (TPSA) is 58.6 Å². The molecule has 118 valence electrons. The highest BCUT2D eigenvalue weighted by Gasteiger charge is 2.25. The van der Waals surface area contributed by atoms with E-state index in [9.17, 15) is 9.59 Å². The fraction of sp³-hybridized carbons (Fsp3) is 0.222. The lowest BCUT2D eigenvalue weighted by atomic mass is 10.1. The van der Waals surface area contributed by atoms with Crippen LogP contribution in [0.1, 0.15) is 24.2 Å². The number of rotatable bonds is 2. The van der Waals surface area contributed by atoms with Crippen LogP contribution >= 0.6 is 0 Å². The summed E-state index contributed by atoms with van der Waals surface area (Å²) in [6.45, 7) is 3.63. The van der Waals surface area contributed by atoms with Gasteiger partial charge in [0, 0.05) is 18.7 Å². The summed E-state index contributed by atoms with van der Waals surface area (Å²) in [5, 5.41) is 2.80. The molecule has 2 aromatic rings. The predicted octanol–water partition coefficient (Wildman–Crippen LogP) is 3.66. The van der Waals surface area contributed by atoms with Crippen LogP contribution in [0.2, 0.25) is 0 Å². The third-order valence-corrected chi connectivity index (χ3v) is 3.75. The number of anilines is 2. The molecule has 1 aliphatic heterocycles. The molecule has 5 nitrogen and oxygen atoms in total. The Morgan fingerprint density at radius 3 is 2.61 bits per heavy atom. The van der Waals surface area contributed by atoms with Gasteiger partial charge in [0.1, 0.15) is 5.75 Å². The van der Waals surface area contributed by atoms with E-state index in [-0.39, 0.29) is 17.7 Å². The third kappa shape index (κ3) is 2.77. The molecule has 0 aromatic heterocycles. The first-order valence-electron chi connectivity index (χ1n) is 7.47. The molecule has 0 spiro atoms. The van der Waals surface area contributed by atoms with Gasteiger partial charge in [-0.15, -0.1) is 0 Å². The first-order valence-corrected chi connectivity index (χ1v) is 7.47. The van der Waals surface area contributed by atoms with E-state index >= 15 is 0 Å². The predicted molar refractivity (Wildman–Crippen MR) is 89.2 cm³/mol. The Bertz CT molecular complexity index is 784. The lowest BCUT2D eigenvalue weighted by Crippen LogP contribution is -2.25. The molecular weight excluding hydrogens is 292 g/mol. The van der Waals surface area contributed by atoms with E-state index in [1.54, 1.807) is 30.1 Å². The molecule has 0 unspecified atom stereocenters. The van der Waals surface area contributed by atoms with E-state index in [4.69, 9.17) is 4.74 Å². The normalized spacial score (nSPS) is 13.0. The van der Waals surface area contributed by atoms with E-state index in [1.165, 1.54) is 0 Å². The van der Waals surface area contributed by atoms with Crippen LogP contribution in [0.5, 0.6) is 11.5 Å². The summed E-state index contributed by atoms with van der Waals surface area (Å²) in [5.74, 6) is 0.706. The summed E-state index contributed by atoms with van der Waals surface area (Å²) in [5.41, 5.74) is 1.71. The number of carbonyl (C=O) groups is 2. The number of para-hydroxylation sites is 2. The first-order chi connectivity index (χ1) is 11.0. The molecule has 5 heteroatoms. The quantitative estimate of drug-likeness (QED) is 0.921. The number of carbonyl (C=O) groups excluding carboxylic acids is 2. The van der Waals surface area contributed by atoms with Gasteiger partial charge >= 0.3 is 0 Å². The van der Waals surface area contributed by atoms with Crippen LogP contribution in [-0.2, 0) is 4.79 Å². The van der Waals surface area contributed by atoms with Gasteiger partial charge < -0.3 is 15.0 Å². The molecule has 1 N–H and O–H groups in total. The Kier molecular flexibility index (Phi) is 3.78. The van der Waals surface area contributed by atoms with Crippen LogP contribution in [0, 0.1) is 5.92 Å². The van der Waals surface area contributed by atoms with E-state index in [0.29, 0.717) is 28.4 Å². The largest absolute Gasteiger partial charge is 0.454 e. The van der Waals surface area contributed by atoms with Gasteiger partial charge in [-0.05, 0) is 30.3 Å². The van der Waals surface area contributed by atoms with Crippen molar-refractivity contribution in [2.75, 3.05) is 17.3 Å². The second-order valence-corrected chi connectivity index (χ2v) is 5.79. The van der Waals surface area contributed by atoms with Gasteiger partial charge in [0.05, 0.1) is 11.3 Å². The van der Waals surface area contributed by atoms with Crippen LogP contribution in [0.4, 0.5) is 11.4 Å². The van der Waals surface area contributed by atoms with Gasteiger partial charge in [-0.1, -0.05) is 26.0 Å². The van der Waals surface area contributed by atoms with Gasteiger partial charge in [-0.25, -0.2) is 0 Å². The van der Waals surface area contributed by atoms with E-state index in [2.05, 4.69) is 5.32 Å². The highest BCUT2D eigenvalue weighted by Crippen LogP contribution is 2.38.